The Kier molecular flexibility index (Phi) is 5.38. The minimum absolute atomic E-state index is 0.180. The van der Waals surface area contributed by atoms with Crippen LogP contribution in [0.5, 0.6) is 5.75 Å². The molecule has 0 bridgehead atoms. The number of aromatic nitrogens is 3. The molecule has 144 valence electrons. The number of methoxy groups -OCH3 is 1. The lowest BCUT2D eigenvalue weighted by atomic mass is 10.2. The van der Waals surface area contributed by atoms with Crippen molar-refractivity contribution in [2.75, 3.05) is 19.0 Å². The first-order valence-electron chi connectivity index (χ1n) is 8.45. The van der Waals surface area contributed by atoms with Crippen molar-refractivity contribution in [3.8, 4) is 5.75 Å². The number of fused-ring (bicyclic) bond motifs is 2. The number of anilines is 2. The number of benzene rings is 2. The second-order valence-electron chi connectivity index (χ2n) is 6.16. The highest BCUT2D eigenvalue weighted by Crippen LogP contribution is 2.36. The smallest absolute Gasteiger partial charge is 0.166 e. The predicted molar refractivity (Wildman–Crippen MR) is 112 cm³/mol. The van der Waals surface area contributed by atoms with Crippen LogP contribution in [0.25, 0.3) is 21.1 Å². The van der Waals surface area contributed by atoms with Gasteiger partial charge in [0.15, 0.2) is 5.82 Å². The van der Waals surface area contributed by atoms with Gasteiger partial charge in [0.25, 0.3) is 0 Å². The van der Waals surface area contributed by atoms with E-state index >= 15 is 0 Å². The van der Waals surface area contributed by atoms with Crippen molar-refractivity contribution < 1.29 is 13.9 Å². The molecule has 0 amide bonds. The van der Waals surface area contributed by atoms with Crippen LogP contribution < -0.4 is 10.1 Å². The van der Waals surface area contributed by atoms with Gasteiger partial charge in [-0.2, -0.15) is 0 Å². The molecular formula is C19H16BrFN4O2S. The number of nitrogens with zero attached hydrogens (tertiary/aromatic N) is 3. The third-order valence-electron chi connectivity index (χ3n) is 4.09. The molecule has 6 nitrogen and oxygen atoms in total. The summed E-state index contributed by atoms with van der Waals surface area (Å²) in [6, 6.07) is 7.12. The maximum atomic E-state index is 14.9. The van der Waals surface area contributed by atoms with Crippen LogP contribution >= 0.6 is 27.3 Å². The molecular weight excluding hydrogens is 447 g/mol. The Morgan fingerprint density at radius 2 is 2.07 bits per heavy atom. The third kappa shape index (κ3) is 3.65. The van der Waals surface area contributed by atoms with Gasteiger partial charge in [0.05, 0.1) is 38.9 Å². The Morgan fingerprint density at radius 3 is 2.89 bits per heavy atom. The highest BCUT2D eigenvalue weighted by atomic mass is 79.9. The van der Waals surface area contributed by atoms with Crippen LogP contribution in [0.4, 0.5) is 15.9 Å². The van der Waals surface area contributed by atoms with Crippen LogP contribution in [-0.4, -0.2) is 34.8 Å². The van der Waals surface area contributed by atoms with Crippen LogP contribution in [0.3, 0.4) is 0 Å². The topological polar surface area (TPSA) is 69.2 Å². The summed E-state index contributed by atoms with van der Waals surface area (Å²) in [4.78, 5) is 12.8. The number of halogens is 2. The van der Waals surface area contributed by atoms with Gasteiger partial charge in [-0.25, -0.2) is 19.3 Å². The summed E-state index contributed by atoms with van der Waals surface area (Å²) in [6.45, 7) is 2.34. The quantitative estimate of drug-likeness (QED) is 0.419. The van der Waals surface area contributed by atoms with Crippen LogP contribution in [0.2, 0.25) is 0 Å². The lowest BCUT2D eigenvalue weighted by molar-refractivity contribution is 0.0931. The van der Waals surface area contributed by atoms with E-state index < -0.39 is 0 Å². The summed E-state index contributed by atoms with van der Waals surface area (Å²) in [5.41, 5.74) is 3.24. The van der Waals surface area contributed by atoms with E-state index in [1.807, 2.05) is 19.1 Å². The highest BCUT2D eigenvalue weighted by molar-refractivity contribution is 9.10. The maximum Gasteiger partial charge on any atom is 0.166 e. The van der Waals surface area contributed by atoms with Gasteiger partial charge in [-0.15, -0.1) is 11.3 Å². The molecule has 0 spiro atoms. The molecule has 1 atom stereocenters. The summed E-state index contributed by atoms with van der Waals surface area (Å²) in [5.74, 6) is 0.676. The third-order valence-corrected chi connectivity index (χ3v) is 5.38. The minimum atomic E-state index is -0.362. The lowest BCUT2D eigenvalue weighted by Crippen LogP contribution is -2.18. The summed E-state index contributed by atoms with van der Waals surface area (Å²) in [7, 11) is 1.62. The molecule has 2 aromatic heterocycles. The molecule has 0 unspecified atom stereocenters. The van der Waals surface area contributed by atoms with E-state index in [0.717, 1.165) is 4.47 Å². The van der Waals surface area contributed by atoms with Crippen molar-refractivity contribution in [3.05, 3.63) is 46.4 Å². The van der Waals surface area contributed by atoms with Gasteiger partial charge in [-0.05, 0) is 31.2 Å². The molecule has 4 rings (SSSR count). The van der Waals surface area contributed by atoms with Crippen molar-refractivity contribution in [3.63, 3.8) is 0 Å². The first-order chi connectivity index (χ1) is 13.6. The van der Waals surface area contributed by atoms with E-state index in [-0.39, 0.29) is 11.9 Å². The number of rotatable bonds is 6. The SMILES string of the molecule is COC[C@@H](C)Oc1cc(Br)cc2ncnc(Nc3ccc4ncsc4c3F)c12. The number of nitrogens with one attached hydrogen (secondary N) is 1. The van der Waals surface area contributed by atoms with Gasteiger partial charge in [0.1, 0.15) is 24.0 Å². The fourth-order valence-electron chi connectivity index (χ4n) is 2.91. The van der Waals surface area contributed by atoms with Crippen LogP contribution in [0.15, 0.2) is 40.6 Å². The largest absolute Gasteiger partial charge is 0.487 e. The second-order valence-corrected chi connectivity index (χ2v) is 7.93. The molecule has 1 N–H and O–H groups in total. The first kappa shape index (κ1) is 19.0. The van der Waals surface area contributed by atoms with Gasteiger partial charge in [-0.1, -0.05) is 15.9 Å². The minimum Gasteiger partial charge on any atom is -0.487 e. The Bertz CT molecular complexity index is 1150. The predicted octanol–water partition coefficient (Wildman–Crippen LogP) is 5.30. The maximum absolute atomic E-state index is 14.9. The normalized spacial score (nSPS) is 12.4. The molecule has 0 aliphatic rings. The molecule has 0 radical (unpaired) electrons. The van der Waals surface area contributed by atoms with Gasteiger partial charge in [0, 0.05) is 11.6 Å². The molecule has 9 heteroatoms. The van der Waals surface area contributed by atoms with Crippen LogP contribution in [0.1, 0.15) is 6.92 Å². The standard InChI is InChI=1S/C19H16BrFN4O2S/c1-10(7-26-2)27-15-6-11(20)5-14-16(15)19(23-8-22-14)25-12-3-4-13-18(17(12)21)28-9-24-13/h3-6,8-10H,7H2,1-2H3,(H,22,23,25)/t10-/m1/s1. The first-order valence-corrected chi connectivity index (χ1v) is 10.1. The molecule has 2 heterocycles. The zero-order chi connectivity index (χ0) is 19.7. The summed E-state index contributed by atoms with van der Waals surface area (Å²) >= 11 is 4.74. The molecule has 0 aliphatic carbocycles. The number of ether oxygens (including phenoxy) is 2. The van der Waals surface area contributed by atoms with E-state index in [9.17, 15) is 4.39 Å². The average Bonchev–Trinajstić information content (AvgIpc) is 3.13. The molecule has 4 aromatic rings. The fraction of sp³-hybridized carbons (Fsp3) is 0.211. The Balaban J connectivity index is 1.80. The van der Waals surface area contributed by atoms with Crippen LogP contribution in [-0.2, 0) is 4.74 Å². The zero-order valence-corrected chi connectivity index (χ0v) is 17.5. The number of hydrogen-bond donors (Lipinski definition) is 1. The highest BCUT2D eigenvalue weighted by Gasteiger charge is 2.17. The van der Waals surface area contributed by atoms with Crippen molar-refractivity contribution in [1.29, 1.82) is 0 Å². The van der Waals surface area contributed by atoms with E-state index in [0.29, 0.717) is 45.0 Å². The van der Waals surface area contributed by atoms with Crippen molar-refractivity contribution in [2.45, 2.75) is 13.0 Å². The lowest BCUT2D eigenvalue weighted by Gasteiger charge is -2.17. The van der Waals surface area contributed by atoms with E-state index in [1.54, 1.807) is 24.8 Å². The Labute approximate surface area is 172 Å². The van der Waals surface area contributed by atoms with E-state index in [2.05, 4.69) is 36.2 Å². The number of thiazole rings is 1. The second kappa shape index (κ2) is 7.94. The van der Waals surface area contributed by atoms with Gasteiger partial charge in [-0.3, -0.25) is 0 Å². The van der Waals surface area contributed by atoms with E-state index in [4.69, 9.17) is 9.47 Å². The zero-order valence-electron chi connectivity index (χ0n) is 15.1. The number of hydrogen-bond acceptors (Lipinski definition) is 7. The van der Waals surface area contributed by atoms with Gasteiger partial charge >= 0.3 is 0 Å². The molecule has 28 heavy (non-hydrogen) atoms. The molecule has 0 saturated heterocycles. The molecule has 0 fully saturated rings. The summed E-state index contributed by atoms with van der Waals surface area (Å²) in [5, 5.41) is 3.75. The van der Waals surface area contributed by atoms with Gasteiger partial charge in [0.2, 0.25) is 0 Å². The van der Waals surface area contributed by atoms with Crippen molar-refractivity contribution >= 4 is 59.9 Å². The van der Waals surface area contributed by atoms with Crippen LogP contribution in [0, 0.1) is 5.82 Å². The van der Waals surface area contributed by atoms with Crippen molar-refractivity contribution in [2.24, 2.45) is 0 Å². The molecule has 0 aliphatic heterocycles. The average molecular weight is 463 g/mol. The Hall–Kier alpha value is -2.36. The summed E-state index contributed by atoms with van der Waals surface area (Å²) in [6.07, 6.45) is 1.25. The molecule has 0 saturated carbocycles. The fourth-order valence-corrected chi connectivity index (χ4v) is 4.07. The summed E-state index contributed by atoms with van der Waals surface area (Å²) < 4.78 is 27.4. The Morgan fingerprint density at radius 1 is 1.21 bits per heavy atom. The van der Waals surface area contributed by atoms with Crippen molar-refractivity contribution in [1.82, 2.24) is 15.0 Å². The molecule has 2 aromatic carbocycles. The monoisotopic (exact) mass is 462 g/mol. The van der Waals surface area contributed by atoms with Gasteiger partial charge < -0.3 is 14.8 Å². The van der Waals surface area contributed by atoms with E-state index in [1.165, 1.54) is 17.7 Å².